The Hall–Kier alpha value is -2.73. The largest absolute Gasteiger partial charge is 0.329 e. The molecule has 5 nitrogen and oxygen atoms in total. The Labute approximate surface area is 181 Å². The molecular formula is C24H26N4OS. The summed E-state index contributed by atoms with van der Waals surface area (Å²) < 4.78 is 4.84. The van der Waals surface area contributed by atoms with Gasteiger partial charge in [0.2, 0.25) is 0 Å². The molecule has 154 valence electrons. The maximum atomic E-state index is 12.7. The maximum Gasteiger partial charge on any atom is 0.329 e. The number of nitrogens with one attached hydrogen (secondary N) is 2. The molecule has 3 aromatic rings. The van der Waals surface area contributed by atoms with E-state index in [-0.39, 0.29) is 12.1 Å². The van der Waals surface area contributed by atoms with Crippen LogP contribution in [-0.4, -0.2) is 15.8 Å². The van der Waals surface area contributed by atoms with Crippen molar-refractivity contribution in [1.82, 2.24) is 14.5 Å². The van der Waals surface area contributed by atoms with Crippen LogP contribution in [0.4, 0.5) is 10.5 Å². The van der Waals surface area contributed by atoms with Gasteiger partial charge in [0.25, 0.3) is 0 Å². The van der Waals surface area contributed by atoms with Crippen LogP contribution >= 0.6 is 11.9 Å². The van der Waals surface area contributed by atoms with Crippen molar-refractivity contribution in [3.8, 4) is 0 Å². The van der Waals surface area contributed by atoms with Crippen molar-refractivity contribution >= 4 is 23.7 Å². The summed E-state index contributed by atoms with van der Waals surface area (Å²) in [4.78, 5) is 12.7. The van der Waals surface area contributed by atoms with Crippen molar-refractivity contribution in [1.29, 1.82) is 0 Å². The fourth-order valence-electron chi connectivity index (χ4n) is 4.68. The standard InChI is InChI=1S/C24H26N4OS/c1-16(17-7-3-2-4-8-17)28-14-13-22(26-28)30-27-24(29)25-23-20-11-5-9-18(20)15-19-10-6-12-21(19)23/h2-4,7-8,13-16H,5-6,9-12H2,1H3,(H2,25,27,29). The number of aromatic nitrogens is 2. The summed E-state index contributed by atoms with van der Waals surface area (Å²) in [5.74, 6) is 0. The zero-order valence-corrected chi connectivity index (χ0v) is 18.0. The Bertz CT molecular complexity index is 1040. The monoisotopic (exact) mass is 418 g/mol. The van der Waals surface area contributed by atoms with Crippen LogP contribution in [0.5, 0.6) is 0 Å². The Morgan fingerprint density at radius 3 is 2.43 bits per heavy atom. The lowest BCUT2D eigenvalue weighted by atomic mass is 9.99. The third-order valence-corrected chi connectivity index (χ3v) is 6.94. The van der Waals surface area contributed by atoms with E-state index in [1.54, 1.807) is 0 Å². The highest BCUT2D eigenvalue weighted by molar-refractivity contribution is 7.97. The summed E-state index contributed by atoms with van der Waals surface area (Å²) in [7, 11) is 0. The highest BCUT2D eigenvalue weighted by atomic mass is 32.2. The van der Waals surface area contributed by atoms with Gasteiger partial charge in [-0.25, -0.2) is 4.79 Å². The van der Waals surface area contributed by atoms with Gasteiger partial charge < -0.3 is 5.32 Å². The average Bonchev–Trinajstić information content (AvgIpc) is 3.52. The summed E-state index contributed by atoms with van der Waals surface area (Å²) in [5.41, 5.74) is 7.81. The van der Waals surface area contributed by atoms with E-state index in [9.17, 15) is 4.79 Å². The number of benzene rings is 2. The normalized spacial score (nSPS) is 15.5. The van der Waals surface area contributed by atoms with Crippen LogP contribution < -0.4 is 10.0 Å². The first-order valence-corrected chi connectivity index (χ1v) is 11.5. The Kier molecular flexibility index (Phi) is 5.25. The lowest BCUT2D eigenvalue weighted by Crippen LogP contribution is -2.24. The third-order valence-electron chi connectivity index (χ3n) is 6.22. The van der Waals surface area contributed by atoms with Crippen LogP contribution in [-0.2, 0) is 25.7 Å². The summed E-state index contributed by atoms with van der Waals surface area (Å²) in [6.07, 6.45) is 8.70. The molecule has 2 aliphatic carbocycles. The summed E-state index contributed by atoms with van der Waals surface area (Å²) in [5, 5.41) is 8.56. The topological polar surface area (TPSA) is 59.0 Å². The minimum atomic E-state index is -0.181. The number of urea groups is 1. The van der Waals surface area contributed by atoms with E-state index in [0.29, 0.717) is 0 Å². The van der Waals surface area contributed by atoms with Gasteiger partial charge in [-0.3, -0.25) is 9.40 Å². The highest BCUT2D eigenvalue weighted by Gasteiger charge is 2.25. The maximum absolute atomic E-state index is 12.7. The molecule has 30 heavy (non-hydrogen) atoms. The molecular weight excluding hydrogens is 392 g/mol. The molecule has 2 aliphatic rings. The van der Waals surface area contributed by atoms with E-state index in [0.717, 1.165) is 36.4 Å². The zero-order valence-electron chi connectivity index (χ0n) is 17.1. The first-order chi connectivity index (χ1) is 14.7. The van der Waals surface area contributed by atoms with Crippen LogP contribution in [0.2, 0.25) is 0 Å². The van der Waals surface area contributed by atoms with Gasteiger partial charge in [-0.05, 0) is 79.3 Å². The van der Waals surface area contributed by atoms with Gasteiger partial charge in [-0.1, -0.05) is 36.4 Å². The molecule has 0 spiro atoms. The van der Waals surface area contributed by atoms with Gasteiger partial charge in [0.05, 0.1) is 6.04 Å². The molecule has 2 N–H and O–H groups in total. The average molecular weight is 419 g/mol. The lowest BCUT2D eigenvalue weighted by Gasteiger charge is -2.16. The smallest absolute Gasteiger partial charge is 0.307 e. The summed E-state index contributed by atoms with van der Waals surface area (Å²) >= 11 is 1.25. The van der Waals surface area contributed by atoms with E-state index in [2.05, 4.69) is 40.3 Å². The predicted octanol–water partition coefficient (Wildman–Crippen LogP) is 5.30. The van der Waals surface area contributed by atoms with Gasteiger partial charge in [0.15, 0.2) is 0 Å². The van der Waals surface area contributed by atoms with Gasteiger partial charge in [0.1, 0.15) is 5.03 Å². The first kappa shape index (κ1) is 19.2. The summed E-state index contributed by atoms with van der Waals surface area (Å²) in [6.45, 7) is 2.12. The Morgan fingerprint density at radius 1 is 1.03 bits per heavy atom. The first-order valence-electron chi connectivity index (χ1n) is 10.7. The molecule has 0 radical (unpaired) electrons. The van der Waals surface area contributed by atoms with Crippen LogP contribution in [0.15, 0.2) is 53.7 Å². The molecule has 5 rings (SSSR count). The fourth-order valence-corrected chi connectivity index (χ4v) is 5.19. The second-order valence-corrected chi connectivity index (χ2v) is 8.94. The van der Waals surface area contributed by atoms with Crippen molar-refractivity contribution in [2.75, 3.05) is 5.32 Å². The van der Waals surface area contributed by atoms with Crippen molar-refractivity contribution in [3.63, 3.8) is 0 Å². The van der Waals surface area contributed by atoms with Crippen molar-refractivity contribution in [3.05, 3.63) is 76.5 Å². The lowest BCUT2D eigenvalue weighted by molar-refractivity contribution is 0.257. The number of carbonyl (C=O) groups is 1. The van der Waals surface area contributed by atoms with E-state index < -0.39 is 0 Å². The molecule has 0 saturated carbocycles. The fraction of sp³-hybridized carbons (Fsp3) is 0.333. The van der Waals surface area contributed by atoms with Crippen molar-refractivity contribution < 1.29 is 4.79 Å². The molecule has 1 heterocycles. The number of anilines is 1. The van der Waals surface area contributed by atoms with E-state index in [1.165, 1.54) is 52.6 Å². The molecule has 0 bridgehead atoms. The summed E-state index contributed by atoms with van der Waals surface area (Å²) in [6, 6.07) is 14.6. The quantitative estimate of drug-likeness (QED) is 0.553. The van der Waals surface area contributed by atoms with Gasteiger partial charge >= 0.3 is 6.03 Å². The minimum absolute atomic E-state index is 0.142. The van der Waals surface area contributed by atoms with Crippen LogP contribution in [0.25, 0.3) is 0 Å². The third kappa shape index (κ3) is 3.72. The second-order valence-electron chi connectivity index (χ2n) is 8.11. The number of fused-ring (bicyclic) bond motifs is 2. The molecule has 0 fully saturated rings. The number of amides is 2. The van der Waals surface area contributed by atoms with E-state index in [1.807, 2.05) is 35.1 Å². The number of aryl methyl sites for hydroxylation is 2. The molecule has 1 aromatic heterocycles. The molecule has 0 saturated heterocycles. The van der Waals surface area contributed by atoms with Crippen LogP contribution in [0, 0.1) is 0 Å². The SMILES string of the molecule is CC(c1ccccc1)n1ccc(SNC(=O)Nc2c3c(cc4c2CCC4)CCC3)n1. The molecule has 1 unspecified atom stereocenters. The van der Waals surface area contributed by atoms with Crippen LogP contribution in [0.3, 0.4) is 0 Å². The van der Waals surface area contributed by atoms with Crippen molar-refractivity contribution in [2.24, 2.45) is 0 Å². The number of carbonyl (C=O) groups excluding carboxylic acids is 1. The molecule has 0 aliphatic heterocycles. The Morgan fingerprint density at radius 2 is 1.73 bits per heavy atom. The molecule has 1 atom stereocenters. The van der Waals surface area contributed by atoms with Gasteiger partial charge in [0, 0.05) is 23.8 Å². The second kappa shape index (κ2) is 8.19. The number of hydrogen-bond acceptors (Lipinski definition) is 3. The predicted molar refractivity (Wildman–Crippen MR) is 121 cm³/mol. The zero-order chi connectivity index (χ0) is 20.5. The molecule has 2 aromatic carbocycles. The number of rotatable bonds is 5. The highest BCUT2D eigenvalue weighted by Crippen LogP contribution is 2.38. The number of hydrogen-bond donors (Lipinski definition) is 2. The van der Waals surface area contributed by atoms with Gasteiger partial charge in [-0.15, -0.1) is 0 Å². The Balaban J connectivity index is 1.25. The minimum Gasteiger partial charge on any atom is -0.307 e. The number of nitrogens with zero attached hydrogens (tertiary/aromatic N) is 2. The van der Waals surface area contributed by atoms with Gasteiger partial charge in [-0.2, -0.15) is 5.10 Å². The van der Waals surface area contributed by atoms with E-state index >= 15 is 0 Å². The molecule has 6 heteroatoms. The van der Waals surface area contributed by atoms with Crippen LogP contribution in [0.1, 0.15) is 53.6 Å². The van der Waals surface area contributed by atoms with E-state index in [4.69, 9.17) is 0 Å². The van der Waals surface area contributed by atoms with Crippen molar-refractivity contribution in [2.45, 2.75) is 56.5 Å². The molecule has 2 amide bonds.